The van der Waals surface area contributed by atoms with Crippen molar-refractivity contribution in [2.24, 2.45) is 5.92 Å². The van der Waals surface area contributed by atoms with E-state index < -0.39 is 0 Å². The van der Waals surface area contributed by atoms with Crippen molar-refractivity contribution in [2.45, 2.75) is 34.3 Å². The Labute approximate surface area is 188 Å². The first-order valence-corrected chi connectivity index (χ1v) is 11.3. The molecule has 1 heterocycles. The zero-order valence-corrected chi connectivity index (χ0v) is 19.4. The summed E-state index contributed by atoms with van der Waals surface area (Å²) in [5.41, 5.74) is 3.20. The number of aryl methyl sites for hydroxylation is 1. The standard InChI is InChI=1S/C24H27NO3S2/c1-5-27-21-12-19(13-22-23(26)25(14-16(2)3)24(29)30-22)10-11-20(21)28-15-18-8-6-17(4)7-9-18/h6-13,16H,5,14-15H2,1-4H3/b22-13-. The largest absolute Gasteiger partial charge is 0.490 e. The van der Waals surface area contributed by atoms with Crippen molar-refractivity contribution in [3.05, 3.63) is 64.1 Å². The van der Waals surface area contributed by atoms with E-state index in [1.54, 1.807) is 4.90 Å². The zero-order valence-electron chi connectivity index (χ0n) is 17.8. The second kappa shape index (κ2) is 10.1. The van der Waals surface area contributed by atoms with Crippen LogP contribution in [0.2, 0.25) is 0 Å². The molecule has 6 heteroatoms. The smallest absolute Gasteiger partial charge is 0.266 e. The van der Waals surface area contributed by atoms with Gasteiger partial charge in [0.25, 0.3) is 5.91 Å². The highest BCUT2D eigenvalue weighted by atomic mass is 32.2. The SMILES string of the molecule is CCOc1cc(/C=C2\SC(=S)N(CC(C)C)C2=O)ccc1OCc1ccc(C)cc1. The van der Waals surface area contributed by atoms with E-state index in [0.29, 0.717) is 46.4 Å². The quantitative estimate of drug-likeness (QED) is 0.381. The lowest BCUT2D eigenvalue weighted by atomic mass is 10.1. The topological polar surface area (TPSA) is 38.8 Å². The summed E-state index contributed by atoms with van der Waals surface area (Å²) in [7, 11) is 0. The monoisotopic (exact) mass is 441 g/mol. The predicted octanol–water partition coefficient (Wildman–Crippen LogP) is 5.83. The molecule has 1 fully saturated rings. The molecule has 30 heavy (non-hydrogen) atoms. The van der Waals surface area contributed by atoms with E-state index in [9.17, 15) is 4.79 Å². The molecule has 0 radical (unpaired) electrons. The Morgan fingerprint density at radius 3 is 2.50 bits per heavy atom. The fourth-order valence-corrected chi connectivity index (χ4v) is 4.30. The molecule has 0 aliphatic carbocycles. The van der Waals surface area contributed by atoms with E-state index in [2.05, 4.69) is 45.0 Å². The molecule has 2 aromatic rings. The molecule has 0 spiro atoms. The van der Waals surface area contributed by atoms with Crippen LogP contribution in [0.15, 0.2) is 47.4 Å². The molecule has 0 N–H and O–H groups in total. The highest BCUT2D eigenvalue weighted by Gasteiger charge is 2.32. The summed E-state index contributed by atoms with van der Waals surface area (Å²) in [5, 5.41) is 0. The van der Waals surface area contributed by atoms with Gasteiger partial charge in [-0.05, 0) is 49.1 Å². The van der Waals surface area contributed by atoms with Gasteiger partial charge in [0.05, 0.1) is 11.5 Å². The van der Waals surface area contributed by atoms with Crippen LogP contribution in [0.3, 0.4) is 0 Å². The molecular weight excluding hydrogens is 414 g/mol. The van der Waals surface area contributed by atoms with E-state index in [1.807, 2.05) is 31.2 Å². The fraction of sp³-hybridized carbons (Fsp3) is 0.333. The first kappa shape index (κ1) is 22.4. The number of amides is 1. The Kier molecular flexibility index (Phi) is 7.56. The van der Waals surface area contributed by atoms with Gasteiger partial charge in [-0.25, -0.2) is 0 Å². The molecule has 0 unspecified atom stereocenters. The number of benzene rings is 2. The van der Waals surface area contributed by atoms with Gasteiger partial charge in [0.1, 0.15) is 10.9 Å². The van der Waals surface area contributed by atoms with E-state index in [-0.39, 0.29) is 5.91 Å². The molecule has 0 aromatic heterocycles. The van der Waals surface area contributed by atoms with Crippen molar-refractivity contribution in [3.63, 3.8) is 0 Å². The van der Waals surface area contributed by atoms with Gasteiger partial charge in [0, 0.05) is 6.54 Å². The summed E-state index contributed by atoms with van der Waals surface area (Å²) in [6, 6.07) is 14.0. The van der Waals surface area contributed by atoms with E-state index in [1.165, 1.54) is 17.3 Å². The third-order valence-electron chi connectivity index (χ3n) is 4.50. The fourth-order valence-electron chi connectivity index (χ4n) is 3.02. The molecule has 0 atom stereocenters. The molecular formula is C24H27NO3S2. The van der Waals surface area contributed by atoms with Gasteiger partial charge in [0.2, 0.25) is 0 Å². The minimum atomic E-state index is -0.0312. The van der Waals surface area contributed by atoms with E-state index >= 15 is 0 Å². The number of rotatable bonds is 8. The van der Waals surface area contributed by atoms with Gasteiger partial charge in [-0.1, -0.05) is 73.7 Å². The van der Waals surface area contributed by atoms with Crippen LogP contribution in [0.25, 0.3) is 6.08 Å². The maximum Gasteiger partial charge on any atom is 0.266 e. The van der Waals surface area contributed by atoms with Gasteiger partial charge < -0.3 is 9.47 Å². The molecule has 0 bridgehead atoms. The van der Waals surface area contributed by atoms with Gasteiger partial charge in [-0.15, -0.1) is 0 Å². The van der Waals surface area contributed by atoms with Crippen LogP contribution >= 0.6 is 24.0 Å². The minimum absolute atomic E-state index is 0.0312. The first-order valence-electron chi connectivity index (χ1n) is 10.1. The lowest BCUT2D eigenvalue weighted by molar-refractivity contribution is -0.122. The predicted molar refractivity (Wildman–Crippen MR) is 128 cm³/mol. The third kappa shape index (κ3) is 5.64. The maximum absolute atomic E-state index is 12.7. The molecule has 1 aliphatic heterocycles. The molecule has 3 rings (SSSR count). The number of thiocarbonyl (C=S) groups is 1. The highest BCUT2D eigenvalue weighted by Crippen LogP contribution is 2.35. The summed E-state index contributed by atoms with van der Waals surface area (Å²) in [5.74, 6) is 1.68. The number of ether oxygens (including phenoxy) is 2. The van der Waals surface area contributed by atoms with Crippen LogP contribution in [0, 0.1) is 12.8 Å². The number of nitrogens with zero attached hydrogens (tertiary/aromatic N) is 1. The zero-order chi connectivity index (χ0) is 21.7. The van der Waals surface area contributed by atoms with Crippen molar-refractivity contribution in [3.8, 4) is 11.5 Å². The normalized spacial score (nSPS) is 15.4. The summed E-state index contributed by atoms with van der Waals surface area (Å²) in [6.45, 7) is 9.78. The Hall–Kier alpha value is -2.31. The van der Waals surface area contributed by atoms with Crippen LogP contribution < -0.4 is 9.47 Å². The molecule has 158 valence electrons. The molecule has 4 nitrogen and oxygen atoms in total. The molecule has 1 amide bonds. The average molecular weight is 442 g/mol. The number of hydrogen-bond donors (Lipinski definition) is 0. The first-order chi connectivity index (χ1) is 14.4. The van der Waals surface area contributed by atoms with Gasteiger partial charge in [-0.2, -0.15) is 0 Å². The van der Waals surface area contributed by atoms with Crippen molar-refractivity contribution < 1.29 is 14.3 Å². The minimum Gasteiger partial charge on any atom is -0.490 e. The van der Waals surface area contributed by atoms with Crippen molar-refractivity contribution in [1.82, 2.24) is 4.90 Å². The van der Waals surface area contributed by atoms with Crippen molar-refractivity contribution in [2.75, 3.05) is 13.2 Å². The van der Waals surface area contributed by atoms with E-state index in [4.69, 9.17) is 21.7 Å². The molecule has 0 saturated carbocycles. The van der Waals surface area contributed by atoms with Gasteiger partial charge >= 0.3 is 0 Å². The number of carbonyl (C=O) groups excluding carboxylic acids is 1. The highest BCUT2D eigenvalue weighted by molar-refractivity contribution is 8.26. The number of thioether (sulfide) groups is 1. The van der Waals surface area contributed by atoms with Crippen LogP contribution in [-0.2, 0) is 11.4 Å². The summed E-state index contributed by atoms with van der Waals surface area (Å²) < 4.78 is 12.4. The van der Waals surface area contributed by atoms with Crippen molar-refractivity contribution in [1.29, 1.82) is 0 Å². The average Bonchev–Trinajstić information content (AvgIpc) is 2.96. The van der Waals surface area contributed by atoms with E-state index in [0.717, 1.165) is 11.1 Å². The number of carbonyl (C=O) groups is 1. The van der Waals surface area contributed by atoms with Crippen LogP contribution in [0.5, 0.6) is 11.5 Å². The van der Waals surface area contributed by atoms with Crippen LogP contribution in [0.4, 0.5) is 0 Å². The second-order valence-corrected chi connectivity index (χ2v) is 9.28. The summed E-state index contributed by atoms with van der Waals surface area (Å²) in [6.07, 6.45) is 1.87. The Morgan fingerprint density at radius 1 is 1.10 bits per heavy atom. The Morgan fingerprint density at radius 2 is 1.83 bits per heavy atom. The Balaban J connectivity index is 1.77. The van der Waals surface area contributed by atoms with Gasteiger partial charge in [0.15, 0.2) is 11.5 Å². The molecule has 1 saturated heterocycles. The third-order valence-corrected chi connectivity index (χ3v) is 5.88. The lowest BCUT2D eigenvalue weighted by Crippen LogP contribution is -2.31. The lowest BCUT2D eigenvalue weighted by Gasteiger charge is -2.16. The summed E-state index contributed by atoms with van der Waals surface area (Å²) in [4.78, 5) is 15.0. The van der Waals surface area contributed by atoms with Crippen LogP contribution in [-0.4, -0.2) is 28.3 Å². The van der Waals surface area contributed by atoms with Gasteiger partial charge in [-0.3, -0.25) is 9.69 Å². The number of hydrogen-bond acceptors (Lipinski definition) is 5. The molecule has 1 aliphatic rings. The van der Waals surface area contributed by atoms with Crippen LogP contribution in [0.1, 0.15) is 37.5 Å². The summed E-state index contributed by atoms with van der Waals surface area (Å²) >= 11 is 6.74. The van der Waals surface area contributed by atoms with Crippen molar-refractivity contribution >= 4 is 40.3 Å². The second-order valence-electron chi connectivity index (χ2n) is 7.60. The maximum atomic E-state index is 12.7. The Bertz CT molecular complexity index is 951. The molecule has 2 aromatic carbocycles.